The van der Waals surface area contributed by atoms with Crippen LogP contribution in [-0.4, -0.2) is 18.8 Å². The largest absolute Gasteiger partial charge is 0.495 e. The summed E-state index contributed by atoms with van der Waals surface area (Å²) in [6, 6.07) is 12.5. The molecule has 116 valence electrons. The molecule has 0 saturated heterocycles. The molecule has 0 fully saturated rings. The highest BCUT2D eigenvalue weighted by atomic mass is 35.5. The topological polar surface area (TPSA) is 47.9 Å². The van der Waals surface area contributed by atoms with Gasteiger partial charge in [0.15, 0.2) is 0 Å². The van der Waals surface area contributed by atoms with Crippen molar-refractivity contribution in [3.8, 4) is 5.75 Å². The van der Waals surface area contributed by atoms with Gasteiger partial charge in [-0.1, -0.05) is 58.7 Å². The number of carbonyl (C=O) groups excluding carboxylic acids is 1. The van der Waals surface area contributed by atoms with E-state index in [0.29, 0.717) is 32.6 Å². The van der Waals surface area contributed by atoms with E-state index in [0.717, 1.165) is 5.56 Å². The molecule has 2 aromatic carbocycles. The van der Waals surface area contributed by atoms with Crippen LogP contribution in [-0.2, 0) is 9.63 Å². The monoisotopic (exact) mass is 347 g/mol. The van der Waals surface area contributed by atoms with Crippen molar-refractivity contribution in [2.45, 2.75) is 0 Å². The minimum absolute atomic E-state index is 0.313. The van der Waals surface area contributed by atoms with Gasteiger partial charge in [0.25, 0.3) is 0 Å². The number of methoxy groups -OCH3 is 1. The van der Waals surface area contributed by atoms with Crippen LogP contribution in [0.15, 0.2) is 53.2 Å². The predicted octanol–water partition coefficient (Wildman–Crippen LogP) is 4.35. The fourth-order valence-electron chi connectivity index (χ4n) is 2.27. The molecule has 23 heavy (non-hydrogen) atoms. The zero-order valence-corrected chi connectivity index (χ0v) is 13.6. The number of oxime groups is 1. The Labute approximate surface area is 142 Å². The lowest BCUT2D eigenvalue weighted by Gasteiger charge is -2.08. The van der Waals surface area contributed by atoms with Crippen LogP contribution < -0.4 is 4.74 Å². The van der Waals surface area contributed by atoms with Crippen LogP contribution in [0.2, 0.25) is 10.0 Å². The Balaban J connectivity index is 2.11. The Morgan fingerprint density at radius 3 is 2.61 bits per heavy atom. The first-order valence-electron chi connectivity index (χ1n) is 6.70. The summed E-state index contributed by atoms with van der Waals surface area (Å²) in [6.45, 7) is 0. The molecule has 6 heteroatoms. The van der Waals surface area contributed by atoms with Gasteiger partial charge in [-0.15, -0.1) is 0 Å². The van der Waals surface area contributed by atoms with Crippen LogP contribution in [0.4, 0.5) is 0 Å². The molecule has 4 nitrogen and oxygen atoms in total. The molecule has 0 unspecified atom stereocenters. The first kappa shape index (κ1) is 15.6. The third kappa shape index (κ3) is 3.09. The molecular weight excluding hydrogens is 337 g/mol. The highest BCUT2D eigenvalue weighted by Crippen LogP contribution is 2.34. The van der Waals surface area contributed by atoms with Gasteiger partial charge in [0, 0.05) is 16.1 Å². The second kappa shape index (κ2) is 6.44. The Morgan fingerprint density at radius 2 is 1.91 bits per heavy atom. The number of benzene rings is 2. The van der Waals surface area contributed by atoms with Crippen LogP contribution in [0.1, 0.15) is 11.1 Å². The van der Waals surface area contributed by atoms with Gasteiger partial charge in [0.1, 0.15) is 11.5 Å². The van der Waals surface area contributed by atoms with Gasteiger partial charge in [-0.05, 0) is 18.2 Å². The van der Waals surface area contributed by atoms with E-state index in [1.54, 1.807) is 18.2 Å². The lowest BCUT2D eigenvalue weighted by molar-refractivity contribution is -0.136. The SMILES string of the molecule is COc1c(Cl)cc(Cl)cc1/C=C1\C(=O)ON=C1c1ccccc1. The Bertz CT molecular complexity index is 829. The number of rotatable bonds is 3. The van der Waals surface area contributed by atoms with E-state index in [2.05, 4.69) is 5.16 Å². The lowest BCUT2D eigenvalue weighted by atomic mass is 10.0. The van der Waals surface area contributed by atoms with Crippen LogP contribution in [0.5, 0.6) is 5.75 Å². The minimum Gasteiger partial charge on any atom is -0.495 e. The molecule has 0 radical (unpaired) electrons. The summed E-state index contributed by atoms with van der Waals surface area (Å²) >= 11 is 12.2. The van der Waals surface area contributed by atoms with Crippen molar-refractivity contribution in [3.05, 3.63) is 69.2 Å². The van der Waals surface area contributed by atoms with Crippen molar-refractivity contribution >= 4 is 41.0 Å². The standard InChI is InChI=1S/C17H11Cl2NO3/c1-22-16-11(7-12(18)9-14(16)19)8-13-15(20-23-17(13)21)10-5-3-2-4-6-10/h2-9H,1H3/b13-8-. The summed E-state index contributed by atoms with van der Waals surface area (Å²) in [5.41, 5.74) is 2.11. The number of halogens is 2. The average molecular weight is 348 g/mol. The minimum atomic E-state index is -0.540. The first-order valence-corrected chi connectivity index (χ1v) is 7.45. The van der Waals surface area contributed by atoms with E-state index in [1.165, 1.54) is 7.11 Å². The maximum Gasteiger partial charge on any atom is 0.368 e. The fourth-order valence-corrected chi connectivity index (χ4v) is 2.86. The third-order valence-corrected chi connectivity index (χ3v) is 3.78. The molecule has 0 N–H and O–H groups in total. The summed E-state index contributed by atoms with van der Waals surface area (Å²) in [7, 11) is 1.50. The highest BCUT2D eigenvalue weighted by molar-refractivity contribution is 6.36. The summed E-state index contributed by atoms with van der Waals surface area (Å²) < 4.78 is 5.29. The van der Waals surface area contributed by atoms with E-state index in [-0.39, 0.29) is 0 Å². The fraction of sp³-hybridized carbons (Fsp3) is 0.0588. The molecule has 0 saturated carbocycles. The zero-order chi connectivity index (χ0) is 16.4. The molecule has 0 atom stereocenters. The van der Waals surface area contributed by atoms with Crippen molar-refractivity contribution in [1.29, 1.82) is 0 Å². The van der Waals surface area contributed by atoms with Crippen LogP contribution in [0.25, 0.3) is 6.08 Å². The molecular formula is C17H11Cl2NO3. The number of ether oxygens (including phenoxy) is 1. The second-order valence-electron chi connectivity index (χ2n) is 4.75. The maximum atomic E-state index is 12.0. The molecule has 0 bridgehead atoms. The lowest BCUT2D eigenvalue weighted by Crippen LogP contribution is -2.07. The van der Waals surface area contributed by atoms with Crippen LogP contribution in [0.3, 0.4) is 0 Å². The van der Waals surface area contributed by atoms with E-state index >= 15 is 0 Å². The first-order chi connectivity index (χ1) is 11.1. The quantitative estimate of drug-likeness (QED) is 0.612. The second-order valence-corrected chi connectivity index (χ2v) is 5.60. The van der Waals surface area contributed by atoms with Gasteiger partial charge in [0.05, 0.1) is 17.7 Å². The van der Waals surface area contributed by atoms with Gasteiger partial charge in [-0.25, -0.2) is 4.79 Å². The maximum absolute atomic E-state index is 12.0. The smallest absolute Gasteiger partial charge is 0.368 e. The van der Waals surface area contributed by atoms with Gasteiger partial charge in [0.2, 0.25) is 0 Å². The van der Waals surface area contributed by atoms with Gasteiger partial charge in [-0.3, -0.25) is 0 Å². The summed E-state index contributed by atoms with van der Waals surface area (Å²) in [5.74, 6) is -0.113. The van der Waals surface area contributed by atoms with Gasteiger partial charge < -0.3 is 9.57 Å². The van der Waals surface area contributed by atoms with Crippen molar-refractivity contribution in [2.24, 2.45) is 5.16 Å². The van der Waals surface area contributed by atoms with E-state index in [9.17, 15) is 4.79 Å². The van der Waals surface area contributed by atoms with E-state index < -0.39 is 5.97 Å². The van der Waals surface area contributed by atoms with Gasteiger partial charge in [-0.2, -0.15) is 0 Å². The summed E-state index contributed by atoms with van der Waals surface area (Å²) in [5, 5.41) is 4.65. The third-order valence-electron chi connectivity index (χ3n) is 3.28. The molecule has 1 aliphatic heterocycles. The van der Waals surface area contributed by atoms with Crippen molar-refractivity contribution in [2.75, 3.05) is 7.11 Å². The molecule has 0 aromatic heterocycles. The normalized spacial score (nSPS) is 15.5. The van der Waals surface area contributed by atoms with Crippen molar-refractivity contribution in [1.82, 2.24) is 0 Å². The number of hydrogen-bond acceptors (Lipinski definition) is 4. The Kier molecular flexibility index (Phi) is 4.37. The molecule has 1 heterocycles. The molecule has 2 aromatic rings. The Morgan fingerprint density at radius 1 is 1.17 bits per heavy atom. The molecule has 0 aliphatic carbocycles. The van der Waals surface area contributed by atoms with Crippen LogP contribution in [0, 0.1) is 0 Å². The summed E-state index contributed by atoms with van der Waals surface area (Å²) in [6.07, 6.45) is 1.61. The highest BCUT2D eigenvalue weighted by Gasteiger charge is 2.27. The average Bonchev–Trinajstić information content (AvgIpc) is 2.89. The summed E-state index contributed by atoms with van der Waals surface area (Å²) in [4.78, 5) is 16.8. The van der Waals surface area contributed by atoms with Gasteiger partial charge >= 0.3 is 5.97 Å². The molecule has 1 aliphatic rings. The zero-order valence-electron chi connectivity index (χ0n) is 12.0. The van der Waals surface area contributed by atoms with E-state index in [1.807, 2.05) is 30.3 Å². The van der Waals surface area contributed by atoms with Crippen molar-refractivity contribution in [3.63, 3.8) is 0 Å². The Hall–Kier alpha value is -2.30. The number of nitrogens with zero attached hydrogens (tertiary/aromatic N) is 1. The molecule has 0 amide bonds. The predicted molar refractivity (Wildman–Crippen MR) is 90.1 cm³/mol. The number of carbonyl (C=O) groups is 1. The molecule has 0 spiro atoms. The number of hydrogen-bond donors (Lipinski definition) is 0. The van der Waals surface area contributed by atoms with Crippen LogP contribution >= 0.6 is 23.2 Å². The molecule has 3 rings (SSSR count). The van der Waals surface area contributed by atoms with E-state index in [4.69, 9.17) is 32.8 Å². The van der Waals surface area contributed by atoms with Crippen molar-refractivity contribution < 1.29 is 14.4 Å².